The third-order valence-electron chi connectivity index (χ3n) is 3.96. The molecule has 0 saturated carbocycles. The Labute approximate surface area is 138 Å². The largest absolute Gasteiger partial charge is 0.506 e. The van der Waals surface area contributed by atoms with Crippen LogP contribution in [0.1, 0.15) is 27.3 Å². The summed E-state index contributed by atoms with van der Waals surface area (Å²) < 4.78 is 0. The van der Waals surface area contributed by atoms with Gasteiger partial charge >= 0.3 is 0 Å². The van der Waals surface area contributed by atoms with Crippen LogP contribution in [0.2, 0.25) is 5.02 Å². The number of fused-ring (bicyclic) bond motifs is 1. The molecule has 3 rings (SSSR count). The van der Waals surface area contributed by atoms with Crippen molar-refractivity contribution < 1.29 is 9.90 Å². The van der Waals surface area contributed by atoms with Crippen LogP contribution in [0.5, 0.6) is 5.75 Å². The molecule has 1 amide bonds. The molecule has 0 aliphatic heterocycles. The molecule has 3 aromatic rings. The van der Waals surface area contributed by atoms with E-state index in [2.05, 4.69) is 15.3 Å². The number of nitrogens with zero attached hydrogens (tertiary/aromatic N) is 1. The standard InChI is InChI=1S/C17H16ClN3O2/c1-8-9(2)16(19-10(3)15(8)22)21-17(23)14-6-11-4-5-12(18)7-13(11)20-14/h4-7,20,22H,1-3H3,(H,19,21,23). The number of halogens is 1. The summed E-state index contributed by atoms with van der Waals surface area (Å²) in [6.07, 6.45) is 0. The highest BCUT2D eigenvalue weighted by atomic mass is 35.5. The second kappa shape index (κ2) is 5.59. The van der Waals surface area contributed by atoms with E-state index in [0.29, 0.717) is 27.8 Å². The SMILES string of the molecule is Cc1nc(NC(=O)c2cc3ccc(Cl)cc3[nH]2)c(C)c(C)c1O. The minimum Gasteiger partial charge on any atom is -0.506 e. The van der Waals surface area contributed by atoms with Gasteiger partial charge in [-0.3, -0.25) is 4.79 Å². The summed E-state index contributed by atoms with van der Waals surface area (Å²) in [4.78, 5) is 19.7. The van der Waals surface area contributed by atoms with E-state index in [1.807, 2.05) is 13.0 Å². The van der Waals surface area contributed by atoms with Crippen molar-refractivity contribution in [3.63, 3.8) is 0 Å². The van der Waals surface area contributed by atoms with E-state index < -0.39 is 0 Å². The lowest BCUT2D eigenvalue weighted by molar-refractivity contribution is 0.102. The summed E-state index contributed by atoms with van der Waals surface area (Å²) in [6.45, 7) is 5.30. The van der Waals surface area contributed by atoms with Gasteiger partial charge in [-0.2, -0.15) is 0 Å². The number of aromatic nitrogens is 2. The highest BCUT2D eigenvalue weighted by Gasteiger charge is 2.15. The van der Waals surface area contributed by atoms with Crippen molar-refractivity contribution in [2.45, 2.75) is 20.8 Å². The lowest BCUT2D eigenvalue weighted by Crippen LogP contribution is -2.15. The van der Waals surface area contributed by atoms with Crippen LogP contribution in [0.3, 0.4) is 0 Å². The van der Waals surface area contributed by atoms with E-state index in [1.54, 1.807) is 32.0 Å². The van der Waals surface area contributed by atoms with Crippen LogP contribution in [0.4, 0.5) is 5.82 Å². The first-order valence-corrected chi connectivity index (χ1v) is 7.51. The molecule has 2 aromatic heterocycles. The van der Waals surface area contributed by atoms with E-state index in [1.165, 1.54) is 0 Å². The van der Waals surface area contributed by atoms with E-state index in [9.17, 15) is 9.90 Å². The van der Waals surface area contributed by atoms with Gasteiger partial charge in [0, 0.05) is 15.9 Å². The maximum absolute atomic E-state index is 12.5. The lowest BCUT2D eigenvalue weighted by atomic mass is 10.1. The number of amides is 1. The second-order valence-electron chi connectivity index (χ2n) is 5.51. The Morgan fingerprint density at radius 2 is 1.96 bits per heavy atom. The van der Waals surface area contributed by atoms with Crippen LogP contribution < -0.4 is 5.32 Å². The molecule has 0 fully saturated rings. The van der Waals surface area contributed by atoms with Crippen LogP contribution >= 0.6 is 11.6 Å². The molecule has 0 unspecified atom stereocenters. The number of anilines is 1. The first-order valence-electron chi connectivity index (χ1n) is 7.13. The molecule has 0 aliphatic rings. The van der Waals surface area contributed by atoms with Gasteiger partial charge in [0.15, 0.2) is 0 Å². The molecule has 0 bridgehead atoms. The maximum Gasteiger partial charge on any atom is 0.273 e. The number of hydrogen-bond donors (Lipinski definition) is 3. The van der Waals surface area contributed by atoms with Crippen LogP contribution in [0.15, 0.2) is 24.3 Å². The van der Waals surface area contributed by atoms with Crippen molar-refractivity contribution in [1.82, 2.24) is 9.97 Å². The summed E-state index contributed by atoms with van der Waals surface area (Å²) in [5.41, 5.74) is 3.14. The molecule has 6 heteroatoms. The summed E-state index contributed by atoms with van der Waals surface area (Å²) >= 11 is 5.95. The molecule has 23 heavy (non-hydrogen) atoms. The van der Waals surface area contributed by atoms with Crippen molar-refractivity contribution >= 4 is 34.2 Å². The van der Waals surface area contributed by atoms with Gasteiger partial charge in [-0.15, -0.1) is 0 Å². The molecular weight excluding hydrogens is 314 g/mol. The number of aryl methyl sites for hydroxylation is 1. The summed E-state index contributed by atoms with van der Waals surface area (Å²) in [5.74, 6) is 0.303. The molecule has 2 heterocycles. The van der Waals surface area contributed by atoms with Crippen LogP contribution in [-0.4, -0.2) is 21.0 Å². The normalized spacial score (nSPS) is 11.0. The van der Waals surface area contributed by atoms with Crippen molar-refractivity contribution in [3.05, 3.63) is 51.8 Å². The molecule has 0 aliphatic carbocycles. The zero-order chi connectivity index (χ0) is 16.7. The Bertz CT molecular complexity index is 931. The zero-order valence-electron chi connectivity index (χ0n) is 13.0. The molecule has 0 radical (unpaired) electrons. The third-order valence-corrected chi connectivity index (χ3v) is 4.19. The van der Waals surface area contributed by atoms with Crippen LogP contribution in [0.25, 0.3) is 10.9 Å². The summed E-state index contributed by atoms with van der Waals surface area (Å²) in [6, 6.07) is 7.16. The Hall–Kier alpha value is -2.53. The number of aromatic amines is 1. The molecule has 0 spiro atoms. The monoisotopic (exact) mass is 329 g/mol. The number of nitrogens with one attached hydrogen (secondary N) is 2. The number of carbonyl (C=O) groups excluding carboxylic acids is 1. The smallest absolute Gasteiger partial charge is 0.273 e. The second-order valence-corrected chi connectivity index (χ2v) is 5.95. The number of benzene rings is 1. The fraction of sp³-hybridized carbons (Fsp3) is 0.176. The highest BCUT2D eigenvalue weighted by molar-refractivity contribution is 6.31. The van der Waals surface area contributed by atoms with Gasteiger partial charge in [-0.1, -0.05) is 17.7 Å². The highest BCUT2D eigenvalue weighted by Crippen LogP contribution is 2.28. The predicted octanol–water partition coefficient (Wildman–Crippen LogP) is 4.10. The van der Waals surface area contributed by atoms with Crippen LogP contribution in [0, 0.1) is 20.8 Å². The van der Waals surface area contributed by atoms with Gasteiger partial charge in [-0.05, 0) is 50.1 Å². The zero-order valence-corrected chi connectivity index (χ0v) is 13.7. The minimum absolute atomic E-state index is 0.153. The van der Waals surface area contributed by atoms with Gasteiger partial charge in [0.25, 0.3) is 5.91 Å². The van der Waals surface area contributed by atoms with E-state index >= 15 is 0 Å². The number of hydrogen-bond acceptors (Lipinski definition) is 3. The molecular formula is C17H16ClN3O2. The average molecular weight is 330 g/mol. The average Bonchev–Trinajstić information content (AvgIpc) is 2.93. The number of H-pyrrole nitrogens is 1. The minimum atomic E-state index is -0.294. The fourth-order valence-corrected chi connectivity index (χ4v) is 2.62. The topological polar surface area (TPSA) is 78.0 Å². The number of pyridine rings is 1. The van der Waals surface area contributed by atoms with Crippen molar-refractivity contribution in [2.24, 2.45) is 0 Å². The molecule has 0 saturated heterocycles. The maximum atomic E-state index is 12.5. The number of rotatable bonds is 2. The Morgan fingerprint density at radius 3 is 2.70 bits per heavy atom. The molecule has 3 N–H and O–H groups in total. The lowest BCUT2D eigenvalue weighted by Gasteiger charge is -2.12. The van der Waals surface area contributed by atoms with Gasteiger partial charge in [-0.25, -0.2) is 4.98 Å². The van der Waals surface area contributed by atoms with Gasteiger partial charge in [0.2, 0.25) is 0 Å². The first kappa shape index (κ1) is 15.4. The summed E-state index contributed by atoms with van der Waals surface area (Å²) in [5, 5.41) is 14.2. The van der Waals surface area contributed by atoms with Crippen molar-refractivity contribution in [3.8, 4) is 5.75 Å². The number of carbonyl (C=O) groups is 1. The van der Waals surface area contributed by atoms with E-state index in [-0.39, 0.29) is 11.7 Å². The summed E-state index contributed by atoms with van der Waals surface area (Å²) in [7, 11) is 0. The molecule has 118 valence electrons. The number of aromatic hydroxyl groups is 1. The van der Waals surface area contributed by atoms with Crippen molar-refractivity contribution in [2.75, 3.05) is 5.32 Å². The van der Waals surface area contributed by atoms with Gasteiger partial charge < -0.3 is 15.4 Å². The van der Waals surface area contributed by atoms with E-state index in [0.717, 1.165) is 16.5 Å². The molecule has 1 aromatic carbocycles. The predicted molar refractivity (Wildman–Crippen MR) is 91.4 cm³/mol. The van der Waals surface area contributed by atoms with Gasteiger partial charge in [0.05, 0.1) is 5.69 Å². The van der Waals surface area contributed by atoms with E-state index in [4.69, 9.17) is 11.6 Å². The molecule has 0 atom stereocenters. The first-order chi connectivity index (χ1) is 10.9. The fourth-order valence-electron chi connectivity index (χ4n) is 2.45. The Balaban J connectivity index is 1.95. The van der Waals surface area contributed by atoms with Gasteiger partial charge in [0.1, 0.15) is 17.3 Å². The molecule has 5 nitrogen and oxygen atoms in total. The third kappa shape index (κ3) is 2.75. The Morgan fingerprint density at radius 1 is 1.22 bits per heavy atom. The van der Waals surface area contributed by atoms with Crippen LogP contribution in [-0.2, 0) is 0 Å². The quantitative estimate of drug-likeness (QED) is 0.662. The van der Waals surface area contributed by atoms with Crippen molar-refractivity contribution in [1.29, 1.82) is 0 Å². The Kier molecular flexibility index (Phi) is 3.74.